The van der Waals surface area contributed by atoms with Crippen LogP contribution < -0.4 is 16.2 Å². The van der Waals surface area contributed by atoms with Gasteiger partial charge in [0.1, 0.15) is 5.02 Å². The Hall–Kier alpha value is -1.07. The Morgan fingerprint density at radius 3 is 3.00 bits per heavy atom. The number of hydrogen-bond donors (Lipinski definition) is 2. The maximum atomic E-state index is 12.1. The molecule has 112 valence electrons. The normalized spacial score (nSPS) is 19.3. The largest absolute Gasteiger partial charge is 0.381 e. The lowest BCUT2D eigenvalue weighted by Crippen LogP contribution is -2.39. The van der Waals surface area contributed by atoms with Gasteiger partial charge < -0.3 is 10.6 Å². The Kier molecular flexibility index (Phi) is 5.43. The minimum Gasteiger partial charge on any atom is -0.381 e. The molecular formula is C14H23ClN4O. The van der Waals surface area contributed by atoms with E-state index in [-0.39, 0.29) is 10.6 Å². The Balaban J connectivity index is 2.01. The highest BCUT2D eigenvalue weighted by atomic mass is 35.5. The molecule has 0 radical (unpaired) electrons. The molecule has 2 rings (SSSR count). The SMILES string of the molecule is CC(C)Cn1ncc(NCC2CCCCN2)c(Cl)c1=O. The first-order valence-corrected chi connectivity index (χ1v) is 7.68. The van der Waals surface area contributed by atoms with Crippen LogP contribution in [0.1, 0.15) is 33.1 Å². The number of rotatable bonds is 5. The first kappa shape index (κ1) is 15.3. The molecule has 0 bridgehead atoms. The lowest BCUT2D eigenvalue weighted by molar-refractivity contribution is 0.414. The fourth-order valence-corrected chi connectivity index (χ4v) is 2.61. The molecule has 1 saturated heterocycles. The minimum atomic E-state index is -0.220. The number of piperidine rings is 1. The fourth-order valence-electron chi connectivity index (χ4n) is 2.40. The highest BCUT2D eigenvalue weighted by Gasteiger charge is 2.14. The van der Waals surface area contributed by atoms with Crippen molar-refractivity contribution in [2.45, 2.75) is 45.7 Å². The van der Waals surface area contributed by atoms with E-state index in [1.807, 2.05) is 13.8 Å². The number of halogens is 1. The number of anilines is 1. The zero-order chi connectivity index (χ0) is 14.5. The van der Waals surface area contributed by atoms with Gasteiger partial charge in [0, 0.05) is 19.1 Å². The molecule has 1 aliphatic rings. The van der Waals surface area contributed by atoms with Crippen LogP contribution in [0, 0.1) is 5.92 Å². The summed E-state index contributed by atoms with van der Waals surface area (Å²) in [6, 6.07) is 0.443. The maximum Gasteiger partial charge on any atom is 0.287 e. The molecule has 1 aromatic rings. The molecular weight excluding hydrogens is 276 g/mol. The summed E-state index contributed by atoms with van der Waals surface area (Å²) in [6.07, 6.45) is 5.29. The van der Waals surface area contributed by atoms with Gasteiger partial charge in [-0.05, 0) is 25.3 Å². The highest BCUT2D eigenvalue weighted by Crippen LogP contribution is 2.16. The van der Waals surface area contributed by atoms with E-state index >= 15 is 0 Å². The number of hydrogen-bond acceptors (Lipinski definition) is 4. The third-order valence-corrected chi connectivity index (χ3v) is 3.84. The molecule has 6 heteroatoms. The topological polar surface area (TPSA) is 59.0 Å². The summed E-state index contributed by atoms with van der Waals surface area (Å²) in [5.41, 5.74) is 0.408. The van der Waals surface area contributed by atoms with Crippen LogP contribution in [0.2, 0.25) is 5.02 Å². The van der Waals surface area contributed by atoms with Crippen LogP contribution in [0.25, 0.3) is 0 Å². The average Bonchev–Trinajstić information content (AvgIpc) is 2.44. The average molecular weight is 299 g/mol. The van der Waals surface area contributed by atoms with Gasteiger partial charge in [-0.15, -0.1) is 0 Å². The molecule has 0 aromatic carbocycles. The Labute approximate surface area is 124 Å². The Bertz CT molecular complexity index is 494. The van der Waals surface area contributed by atoms with E-state index in [1.165, 1.54) is 17.5 Å². The molecule has 0 spiro atoms. The van der Waals surface area contributed by atoms with Gasteiger partial charge in [-0.3, -0.25) is 4.79 Å². The summed E-state index contributed by atoms with van der Waals surface area (Å²) < 4.78 is 1.43. The summed E-state index contributed by atoms with van der Waals surface area (Å²) in [5, 5.41) is 11.1. The van der Waals surface area contributed by atoms with Crippen molar-refractivity contribution in [3.63, 3.8) is 0 Å². The summed E-state index contributed by atoms with van der Waals surface area (Å²) in [4.78, 5) is 12.1. The first-order valence-electron chi connectivity index (χ1n) is 7.31. The van der Waals surface area contributed by atoms with E-state index in [0.717, 1.165) is 19.5 Å². The number of nitrogens with zero attached hydrogens (tertiary/aromatic N) is 2. The van der Waals surface area contributed by atoms with Gasteiger partial charge in [0.2, 0.25) is 0 Å². The molecule has 1 aliphatic heterocycles. The van der Waals surface area contributed by atoms with Crippen LogP contribution in [0.15, 0.2) is 11.0 Å². The van der Waals surface area contributed by atoms with Gasteiger partial charge in [-0.2, -0.15) is 5.10 Å². The molecule has 5 nitrogen and oxygen atoms in total. The van der Waals surface area contributed by atoms with Gasteiger partial charge >= 0.3 is 0 Å². The monoisotopic (exact) mass is 298 g/mol. The van der Waals surface area contributed by atoms with Crippen molar-refractivity contribution in [1.29, 1.82) is 0 Å². The second kappa shape index (κ2) is 7.09. The molecule has 1 atom stereocenters. The predicted molar refractivity (Wildman–Crippen MR) is 82.5 cm³/mol. The molecule has 1 aromatic heterocycles. The van der Waals surface area contributed by atoms with Crippen molar-refractivity contribution in [3.8, 4) is 0 Å². The third-order valence-electron chi connectivity index (χ3n) is 3.47. The van der Waals surface area contributed by atoms with Gasteiger partial charge in [0.25, 0.3) is 5.56 Å². The van der Waals surface area contributed by atoms with Crippen LogP contribution in [-0.4, -0.2) is 28.9 Å². The Morgan fingerprint density at radius 1 is 1.55 bits per heavy atom. The second-order valence-corrected chi connectivity index (χ2v) is 6.16. The van der Waals surface area contributed by atoms with Crippen molar-refractivity contribution in [3.05, 3.63) is 21.6 Å². The lowest BCUT2D eigenvalue weighted by atomic mass is 10.1. The van der Waals surface area contributed by atoms with Crippen molar-refractivity contribution in [2.24, 2.45) is 5.92 Å². The van der Waals surface area contributed by atoms with E-state index in [1.54, 1.807) is 6.20 Å². The highest BCUT2D eigenvalue weighted by molar-refractivity contribution is 6.32. The molecule has 1 fully saturated rings. The first-order chi connectivity index (χ1) is 9.58. The van der Waals surface area contributed by atoms with Crippen LogP contribution in [0.4, 0.5) is 5.69 Å². The molecule has 1 unspecified atom stereocenters. The third kappa shape index (κ3) is 3.96. The lowest BCUT2D eigenvalue weighted by Gasteiger charge is -2.24. The predicted octanol–water partition coefficient (Wildman–Crippen LogP) is 2.11. The fraction of sp³-hybridized carbons (Fsp3) is 0.714. The molecule has 0 amide bonds. The second-order valence-electron chi connectivity index (χ2n) is 5.78. The quantitative estimate of drug-likeness (QED) is 0.874. The van der Waals surface area contributed by atoms with Gasteiger partial charge in [0.15, 0.2) is 0 Å². The van der Waals surface area contributed by atoms with Crippen molar-refractivity contribution < 1.29 is 0 Å². The van der Waals surface area contributed by atoms with Crippen LogP contribution in [-0.2, 0) is 6.54 Å². The van der Waals surface area contributed by atoms with Gasteiger partial charge in [0.05, 0.1) is 11.9 Å². The van der Waals surface area contributed by atoms with E-state index in [2.05, 4.69) is 15.7 Å². The molecule has 0 aliphatic carbocycles. The van der Waals surface area contributed by atoms with Gasteiger partial charge in [-0.25, -0.2) is 4.68 Å². The zero-order valence-corrected chi connectivity index (χ0v) is 12.9. The summed E-state index contributed by atoms with van der Waals surface area (Å²) in [6.45, 7) is 6.51. The van der Waals surface area contributed by atoms with Crippen LogP contribution in [0.5, 0.6) is 0 Å². The van der Waals surface area contributed by atoms with E-state index in [0.29, 0.717) is 24.2 Å². The van der Waals surface area contributed by atoms with E-state index in [4.69, 9.17) is 11.6 Å². The molecule has 2 heterocycles. The molecule has 0 saturated carbocycles. The van der Waals surface area contributed by atoms with Gasteiger partial charge in [-0.1, -0.05) is 31.9 Å². The minimum absolute atomic E-state index is 0.220. The zero-order valence-electron chi connectivity index (χ0n) is 12.2. The van der Waals surface area contributed by atoms with E-state index in [9.17, 15) is 4.79 Å². The molecule has 2 N–H and O–H groups in total. The Morgan fingerprint density at radius 2 is 2.35 bits per heavy atom. The summed E-state index contributed by atoms with van der Waals surface area (Å²) >= 11 is 6.14. The van der Waals surface area contributed by atoms with Crippen molar-refractivity contribution in [1.82, 2.24) is 15.1 Å². The van der Waals surface area contributed by atoms with Crippen molar-refractivity contribution >= 4 is 17.3 Å². The van der Waals surface area contributed by atoms with Crippen LogP contribution in [0.3, 0.4) is 0 Å². The standard InChI is InChI=1S/C14H23ClN4O/c1-10(2)9-19-14(20)13(15)12(8-18-19)17-7-11-5-3-4-6-16-11/h8,10-11,16-17H,3-7,9H2,1-2H3. The smallest absolute Gasteiger partial charge is 0.287 e. The number of aromatic nitrogens is 2. The maximum absolute atomic E-state index is 12.1. The molecule has 20 heavy (non-hydrogen) atoms. The number of nitrogens with one attached hydrogen (secondary N) is 2. The summed E-state index contributed by atoms with van der Waals surface area (Å²) in [5.74, 6) is 0.363. The van der Waals surface area contributed by atoms with Crippen LogP contribution >= 0.6 is 11.6 Å². The van der Waals surface area contributed by atoms with E-state index < -0.39 is 0 Å². The summed E-state index contributed by atoms with van der Waals surface area (Å²) in [7, 11) is 0. The van der Waals surface area contributed by atoms with Crippen molar-refractivity contribution in [2.75, 3.05) is 18.4 Å².